The van der Waals surface area contributed by atoms with E-state index in [-0.39, 0.29) is 13.0 Å². The number of hydrogen-bond donors (Lipinski definition) is 3. The van der Waals surface area contributed by atoms with E-state index in [9.17, 15) is 31.6 Å². The van der Waals surface area contributed by atoms with Crippen LogP contribution in [0.2, 0.25) is 0 Å². The maximum Gasteiger partial charge on any atom is 0.490 e. The fraction of sp³-hybridized carbons (Fsp3) is 0.214. The molecule has 1 amide bonds. The lowest BCUT2D eigenvalue weighted by molar-refractivity contribution is -0.192. The molecule has 0 aliphatic carbocycles. The molecule has 3 aromatic carbocycles. The minimum Gasteiger partial charge on any atom is -0.475 e. The Morgan fingerprint density at radius 2 is 1.74 bits per heavy atom. The van der Waals surface area contributed by atoms with Crippen LogP contribution >= 0.6 is 0 Å². The van der Waals surface area contributed by atoms with Crippen LogP contribution in [-0.2, 0) is 26.0 Å². The van der Waals surface area contributed by atoms with E-state index in [0.29, 0.717) is 11.3 Å². The summed E-state index contributed by atoms with van der Waals surface area (Å²) >= 11 is 0. The summed E-state index contributed by atoms with van der Waals surface area (Å²) in [6.07, 6.45) is -2.32. The van der Waals surface area contributed by atoms with Gasteiger partial charge in [0.25, 0.3) is 5.91 Å². The Bertz CT molecular complexity index is 1570. The molecule has 0 fully saturated rings. The Balaban J connectivity index is 0.000000782. The maximum atomic E-state index is 13.3. The van der Waals surface area contributed by atoms with Crippen molar-refractivity contribution in [1.29, 1.82) is 5.26 Å². The van der Waals surface area contributed by atoms with Crippen molar-refractivity contribution in [1.82, 2.24) is 4.31 Å². The molecule has 42 heavy (non-hydrogen) atoms. The summed E-state index contributed by atoms with van der Waals surface area (Å²) in [7, 11) is -3.74. The number of anilines is 1. The van der Waals surface area contributed by atoms with E-state index in [4.69, 9.17) is 15.7 Å². The molecule has 0 aromatic heterocycles. The van der Waals surface area contributed by atoms with E-state index in [0.717, 1.165) is 32.8 Å². The van der Waals surface area contributed by atoms with Crippen molar-refractivity contribution < 1.29 is 36.3 Å². The van der Waals surface area contributed by atoms with E-state index in [1.807, 2.05) is 54.6 Å². The lowest BCUT2D eigenvalue weighted by atomic mass is 9.99. The molecule has 3 aromatic rings. The van der Waals surface area contributed by atoms with E-state index >= 15 is 0 Å². The standard InChI is InChI=1S/C26H27N5O3S.C2HF3O2/c1-3-31(35(2,33)34)26(32)25(16-19-7-6-8-20(15-19)18-29-28)30-23-13-11-21(12-14-23)24-10-5-4-9-22(24)17-27;3-2(4,5)1(6)7/h4-15,18,25,30H,3,16,28H2,1-2H3;(H,6,7)/t25-;/m0./s1. The van der Waals surface area contributed by atoms with E-state index in [1.54, 1.807) is 25.1 Å². The molecule has 3 rings (SSSR count). The van der Waals surface area contributed by atoms with Gasteiger partial charge >= 0.3 is 12.1 Å². The summed E-state index contributed by atoms with van der Waals surface area (Å²) in [4.78, 5) is 22.2. The highest BCUT2D eigenvalue weighted by molar-refractivity contribution is 7.88. The number of rotatable bonds is 9. The van der Waals surface area contributed by atoms with Crippen molar-refractivity contribution in [2.24, 2.45) is 10.9 Å². The number of aliphatic carboxylic acids is 1. The molecular weight excluding hydrogens is 575 g/mol. The van der Waals surface area contributed by atoms with Crippen LogP contribution < -0.4 is 11.2 Å². The number of amides is 1. The van der Waals surface area contributed by atoms with Crippen LogP contribution in [-0.4, -0.2) is 60.9 Å². The molecule has 0 unspecified atom stereocenters. The molecule has 1 atom stereocenters. The van der Waals surface area contributed by atoms with Crippen molar-refractivity contribution >= 4 is 33.8 Å². The van der Waals surface area contributed by atoms with E-state index in [2.05, 4.69) is 16.5 Å². The Kier molecular flexibility index (Phi) is 11.6. The Hall–Kier alpha value is -4.90. The first-order valence-corrected chi connectivity index (χ1v) is 14.1. The number of carboxylic acids is 1. The fourth-order valence-corrected chi connectivity index (χ4v) is 4.75. The number of hydrogen-bond acceptors (Lipinski definition) is 8. The van der Waals surface area contributed by atoms with Crippen LogP contribution in [0.3, 0.4) is 0 Å². The van der Waals surface area contributed by atoms with Crippen LogP contribution in [0.15, 0.2) is 77.9 Å². The number of benzene rings is 3. The van der Waals surface area contributed by atoms with Crippen molar-refractivity contribution in [2.75, 3.05) is 18.1 Å². The summed E-state index contributed by atoms with van der Waals surface area (Å²) in [5, 5.41) is 23.2. The predicted octanol–water partition coefficient (Wildman–Crippen LogP) is 3.98. The molecule has 0 saturated heterocycles. The van der Waals surface area contributed by atoms with Gasteiger partial charge in [0.05, 0.1) is 24.1 Å². The molecule has 0 spiro atoms. The van der Waals surface area contributed by atoms with Crippen LogP contribution in [0.1, 0.15) is 23.6 Å². The van der Waals surface area contributed by atoms with Gasteiger partial charge in [0.15, 0.2) is 0 Å². The van der Waals surface area contributed by atoms with E-state index < -0.39 is 34.1 Å². The lowest BCUT2D eigenvalue weighted by Gasteiger charge is -2.26. The number of nitrogens with zero attached hydrogens (tertiary/aromatic N) is 3. The fourth-order valence-electron chi connectivity index (χ4n) is 3.83. The van der Waals surface area contributed by atoms with Gasteiger partial charge in [0, 0.05) is 18.7 Å². The summed E-state index contributed by atoms with van der Waals surface area (Å²) in [5.74, 6) is 1.95. The number of nitrogens with two attached hydrogens (primary N) is 1. The van der Waals surface area contributed by atoms with Gasteiger partial charge in [-0.3, -0.25) is 4.79 Å². The minimum absolute atomic E-state index is 0.0274. The quantitative estimate of drug-likeness (QED) is 0.188. The summed E-state index contributed by atoms with van der Waals surface area (Å²) in [6, 6.07) is 23.3. The van der Waals surface area contributed by atoms with Crippen LogP contribution in [0.4, 0.5) is 18.9 Å². The van der Waals surface area contributed by atoms with Gasteiger partial charge in [-0.05, 0) is 47.4 Å². The van der Waals surface area contributed by atoms with Crippen LogP contribution in [0.5, 0.6) is 0 Å². The number of carbonyl (C=O) groups excluding carboxylic acids is 1. The second-order valence-corrected chi connectivity index (χ2v) is 10.6. The van der Waals surface area contributed by atoms with Gasteiger partial charge < -0.3 is 16.3 Å². The number of likely N-dealkylation sites (N-methyl/N-ethyl adjacent to an activating group) is 1. The Labute approximate surface area is 240 Å². The zero-order chi connectivity index (χ0) is 31.5. The number of carboxylic acid groups (broad SMARTS) is 1. The van der Waals surface area contributed by atoms with Gasteiger partial charge in [0.1, 0.15) is 6.04 Å². The highest BCUT2D eigenvalue weighted by atomic mass is 32.2. The molecule has 4 N–H and O–H groups in total. The number of halogens is 3. The molecule has 10 nitrogen and oxygen atoms in total. The second-order valence-electron chi connectivity index (χ2n) is 8.73. The molecule has 0 aliphatic heterocycles. The first-order valence-electron chi connectivity index (χ1n) is 12.2. The largest absolute Gasteiger partial charge is 0.490 e. The van der Waals surface area contributed by atoms with Gasteiger partial charge in [0.2, 0.25) is 10.0 Å². The van der Waals surface area contributed by atoms with Crippen molar-refractivity contribution in [3.8, 4) is 17.2 Å². The SMILES string of the molecule is CCN(C(=O)[C@H](Cc1cccc(C=NN)c1)Nc1ccc(-c2ccccc2C#N)cc1)S(C)(=O)=O.O=C(O)C(F)(F)F. The van der Waals surface area contributed by atoms with Gasteiger partial charge in [-0.15, -0.1) is 0 Å². The summed E-state index contributed by atoms with van der Waals surface area (Å²) in [5.41, 5.74) is 4.46. The second kappa shape index (κ2) is 14.6. The van der Waals surface area contributed by atoms with Crippen LogP contribution in [0.25, 0.3) is 11.1 Å². The Morgan fingerprint density at radius 3 is 2.26 bits per heavy atom. The number of alkyl halides is 3. The van der Waals surface area contributed by atoms with Crippen LogP contribution in [0, 0.1) is 11.3 Å². The molecule has 0 saturated carbocycles. The zero-order valence-electron chi connectivity index (χ0n) is 22.5. The Morgan fingerprint density at radius 1 is 1.12 bits per heavy atom. The molecule has 0 bridgehead atoms. The molecule has 222 valence electrons. The third kappa shape index (κ3) is 9.63. The molecule has 0 heterocycles. The first kappa shape index (κ1) is 33.3. The number of nitriles is 1. The number of hydrazone groups is 1. The van der Waals surface area contributed by atoms with Gasteiger partial charge in [-0.1, -0.05) is 54.6 Å². The summed E-state index contributed by atoms with van der Waals surface area (Å²) < 4.78 is 57.1. The zero-order valence-corrected chi connectivity index (χ0v) is 23.4. The maximum absolute atomic E-state index is 13.3. The molecule has 14 heteroatoms. The topological polar surface area (TPSA) is 166 Å². The number of sulfonamides is 1. The average molecular weight is 604 g/mol. The summed E-state index contributed by atoms with van der Waals surface area (Å²) in [6.45, 7) is 1.65. The van der Waals surface area contributed by atoms with Gasteiger partial charge in [-0.25, -0.2) is 17.5 Å². The third-order valence-corrected chi connectivity index (χ3v) is 6.91. The minimum atomic E-state index is -5.08. The van der Waals surface area contributed by atoms with E-state index in [1.165, 1.54) is 6.21 Å². The smallest absolute Gasteiger partial charge is 0.475 e. The first-order chi connectivity index (χ1) is 19.7. The highest BCUT2D eigenvalue weighted by Crippen LogP contribution is 2.25. The molecule has 0 aliphatic rings. The number of carbonyl (C=O) groups is 2. The third-order valence-electron chi connectivity index (χ3n) is 5.67. The van der Waals surface area contributed by atoms with Gasteiger partial charge in [-0.2, -0.15) is 23.5 Å². The van der Waals surface area contributed by atoms with Crippen molar-refractivity contribution in [3.63, 3.8) is 0 Å². The highest BCUT2D eigenvalue weighted by Gasteiger charge is 2.38. The number of nitrogens with one attached hydrogen (secondary N) is 1. The molecular formula is C28H28F3N5O5S. The van der Waals surface area contributed by atoms with Crippen molar-refractivity contribution in [3.05, 3.63) is 89.5 Å². The van der Waals surface area contributed by atoms with Crippen molar-refractivity contribution in [2.45, 2.75) is 25.6 Å². The lowest BCUT2D eigenvalue weighted by Crippen LogP contribution is -2.46. The average Bonchev–Trinajstić information content (AvgIpc) is 2.93. The monoisotopic (exact) mass is 603 g/mol. The molecule has 0 radical (unpaired) electrons. The normalized spacial score (nSPS) is 12.0. The predicted molar refractivity (Wildman–Crippen MR) is 152 cm³/mol.